The SMILES string of the molecule is C[C@@H]1CN([C@H](C)CO)C(=O)c2cc(NC(=O)Cc3ccccc3)ccc2O[C@@H](C)CCCCO[C@@H]1CN(C)C(=O)NC1CCCCC1. The first kappa shape index (κ1) is 36.2. The monoisotopic (exact) mass is 650 g/mol. The Morgan fingerprint density at radius 2 is 1.74 bits per heavy atom. The molecule has 4 atom stereocenters. The number of hydrogen-bond donors (Lipinski definition) is 3. The molecule has 2 aromatic carbocycles. The number of aliphatic hydroxyl groups is 1. The van der Waals surface area contributed by atoms with Crippen molar-refractivity contribution in [3.05, 3.63) is 59.7 Å². The van der Waals surface area contributed by atoms with Gasteiger partial charge < -0.3 is 35.0 Å². The number of carbonyl (C=O) groups excluding carboxylic acids is 3. The smallest absolute Gasteiger partial charge is 0.317 e. The highest BCUT2D eigenvalue weighted by Gasteiger charge is 2.31. The third-order valence-corrected chi connectivity index (χ3v) is 9.28. The number of benzene rings is 2. The summed E-state index contributed by atoms with van der Waals surface area (Å²) in [7, 11) is 1.79. The molecule has 4 rings (SSSR count). The standard InChI is InChI=1S/C37H54N4O6/c1-26-23-41(27(2)25-42)36(44)32-22-31(38-35(43)21-29-14-7-5-8-15-29)18-19-33(32)47-28(3)13-11-12-20-46-34(26)24-40(4)37(45)39-30-16-9-6-10-17-30/h5,7-8,14-15,18-19,22,26-28,30,34,42H,6,9-13,16-17,20-21,23-25H2,1-4H3,(H,38,43)(H,39,45)/t26-,27-,28+,34-/m1/s1. The van der Waals surface area contributed by atoms with Crippen LogP contribution in [0, 0.1) is 5.92 Å². The van der Waals surface area contributed by atoms with Crippen LogP contribution in [-0.4, -0.2) is 90.4 Å². The molecule has 2 aliphatic rings. The highest BCUT2D eigenvalue weighted by molar-refractivity contribution is 6.00. The van der Waals surface area contributed by atoms with Gasteiger partial charge in [-0.2, -0.15) is 0 Å². The molecule has 3 N–H and O–H groups in total. The zero-order valence-electron chi connectivity index (χ0n) is 28.6. The van der Waals surface area contributed by atoms with Crippen LogP contribution >= 0.6 is 0 Å². The quantitative estimate of drug-likeness (QED) is 0.340. The van der Waals surface area contributed by atoms with Gasteiger partial charge in [0.2, 0.25) is 5.91 Å². The summed E-state index contributed by atoms with van der Waals surface area (Å²) in [6.07, 6.45) is 7.73. The molecule has 258 valence electrons. The maximum Gasteiger partial charge on any atom is 0.317 e. The number of nitrogens with zero attached hydrogens (tertiary/aromatic N) is 2. The van der Waals surface area contributed by atoms with Gasteiger partial charge in [-0.15, -0.1) is 0 Å². The molecule has 1 aliphatic heterocycles. The van der Waals surface area contributed by atoms with Crippen molar-refractivity contribution in [3.8, 4) is 5.75 Å². The van der Waals surface area contributed by atoms with E-state index in [0.29, 0.717) is 36.7 Å². The number of rotatable bonds is 8. The van der Waals surface area contributed by atoms with E-state index in [0.717, 1.165) is 50.5 Å². The lowest BCUT2D eigenvalue weighted by Crippen LogP contribution is -2.50. The summed E-state index contributed by atoms with van der Waals surface area (Å²) in [4.78, 5) is 43.7. The molecule has 10 heteroatoms. The summed E-state index contributed by atoms with van der Waals surface area (Å²) in [5, 5.41) is 16.4. The normalized spacial score (nSPS) is 22.3. The van der Waals surface area contributed by atoms with E-state index < -0.39 is 6.04 Å². The number of nitrogens with one attached hydrogen (secondary N) is 2. The minimum absolute atomic E-state index is 0.106. The zero-order chi connectivity index (χ0) is 33.8. The van der Waals surface area contributed by atoms with Gasteiger partial charge in [0, 0.05) is 44.4 Å². The highest BCUT2D eigenvalue weighted by Crippen LogP contribution is 2.29. The first-order chi connectivity index (χ1) is 22.6. The zero-order valence-corrected chi connectivity index (χ0v) is 28.6. The van der Waals surface area contributed by atoms with Crippen molar-refractivity contribution in [2.45, 2.75) is 103 Å². The summed E-state index contributed by atoms with van der Waals surface area (Å²) in [5.74, 6) is -0.211. The predicted molar refractivity (Wildman–Crippen MR) is 184 cm³/mol. The molecule has 0 bridgehead atoms. The van der Waals surface area contributed by atoms with Crippen molar-refractivity contribution in [3.63, 3.8) is 0 Å². The number of aliphatic hydroxyl groups excluding tert-OH is 1. The van der Waals surface area contributed by atoms with Crippen molar-refractivity contribution < 1.29 is 29.0 Å². The van der Waals surface area contributed by atoms with Crippen molar-refractivity contribution in [2.24, 2.45) is 5.92 Å². The Hall–Kier alpha value is -3.63. The Kier molecular flexibility index (Phi) is 13.9. The molecule has 47 heavy (non-hydrogen) atoms. The van der Waals surface area contributed by atoms with Crippen molar-refractivity contribution in [1.29, 1.82) is 0 Å². The number of ether oxygens (including phenoxy) is 2. The molecular formula is C37H54N4O6. The van der Waals surface area contributed by atoms with E-state index in [1.807, 2.05) is 51.1 Å². The molecule has 0 saturated heterocycles. The van der Waals surface area contributed by atoms with Crippen LogP contribution in [0.5, 0.6) is 5.75 Å². The highest BCUT2D eigenvalue weighted by atomic mass is 16.5. The molecule has 1 aliphatic carbocycles. The number of urea groups is 1. The fourth-order valence-electron chi connectivity index (χ4n) is 6.33. The lowest BCUT2D eigenvalue weighted by atomic mass is 9.96. The Morgan fingerprint density at radius 3 is 2.47 bits per heavy atom. The molecular weight excluding hydrogens is 596 g/mol. The van der Waals surface area contributed by atoms with Gasteiger partial charge in [-0.1, -0.05) is 56.5 Å². The van der Waals surface area contributed by atoms with E-state index in [-0.39, 0.29) is 55.0 Å². The van der Waals surface area contributed by atoms with E-state index in [9.17, 15) is 19.5 Å². The molecule has 0 radical (unpaired) electrons. The van der Waals surface area contributed by atoms with Gasteiger partial charge in [0.1, 0.15) is 5.75 Å². The number of amides is 4. The topological polar surface area (TPSA) is 120 Å². The van der Waals surface area contributed by atoms with Gasteiger partial charge >= 0.3 is 6.03 Å². The van der Waals surface area contributed by atoms with Crippen LogP contribution in [0.2, 0.25) is 0 Å². The molecule has 4 amide bonds. The molecule has 10 nitrogen and oxygen atoms in total. The number of fused-ring (bicyclic) bond motifs is 1. The van der Waals surface area contributed by atoms with Crippen molar-refractivity contribution in [2.75, 3.05) is 38.7 Å². The van der Waals surface area contributed by atoms with Crippen LogP contribution in [0.15, 0.2) is 48.5 Å². The predicted octanol–water partition coefficient (Wildman–Crippen LogP) is 5.64. The fourth-order valence-corrected chi connectivity index (χ4v) is 6.33. The molecule has 1 heterocycles. The maximum absolute atomic E-state index is 14.4. The van der Waals surface area contributed by atoms with E-state index >= 15 is 0 Å². The van der Waals surface area contributed by atoms with Crippen LogP contribution in [0.25, 0.3) is 0 Å². The Labute approximate surface area is 280 Å². The van der Waals surface area contributed by atoms with Crippen LogP contribution in [-0.2, 0) is 16.0 Å². The second kappa shape index (κ2) is 18.1. The minimum atomic E-state index is -0.493. The van der Waals surface area contributed by atoms with Crippen LogP contribution in [0.3, 0.4) is 0 Å². The lowest BCUT2D eigenvalue weighted by Gasteiger charge is -2.36. The van der Waals surface area contributed by atoms with E-state index in [1.54, 1.807) is 35.0 Å². The second-order valence-electron chi connectivity index (χ2n) is 13.4. The van der Waals surface area contributed by atoms with Crippen LogP contribution in [0.4, 0.5) is 10.5 Å². The first-order valence-corrected chi connectivity index (χ1v) is 17.3. The number of likely N-dealkylation sites (N-methyl/N-ethyl adjacent to an activating group) is 1. The fraction of sp³-hybridized carbons (Fsp3) is 0.595. The average Bonchev–Trinajstić information content (AvgIpc) is 3.06. The van der Waals surface area contributed by atoms with Gasteiger partial charge in [-0.25, -0.2) is 4.79 Å². The minimum Gasteiger partial charge on any atom is -0.490 e. The Balaban J connectivity index is 1.56. The van der Waals surface area contributed by atoms with Gasteiger partial charge in [0.25, 0.3) is 5.91 Å². The molecule has 0 unspecified atom stereocenters. The lowest BCUT2D eigenvalue weighted by molar-refractivity contribution is -0.115. The van der Waals surface area contributed by atoms with Crippen molar-refractivity contribution >= 4 is 23.5 Å². The van der Waals surface area contributed by atoms with E-state index in [2.05, 4.69) is 10.6 Å². The Bertz CT molecular complexity index is 1300. The Morgan fingerprint density at radius 1 is 1.02 bits per heavy atom. The first-order valence-electron chi connectivity index (χ1n) is 17.3. The van der Waals surface area contributed by atoms with Crippen LogP contribution in [0.1, 0.15) is 88.1 Å². The molecule has 0 aromatic heterocycles. The molecule has 0 spiro atoms. The summed E-state index contributed by atoms with van der Waals surface area (Å²) >= 11 is 0. The summed E-state index contributed by atoms with van der Waals surface area (Å²) in [5.41, 5.74) is 1.70. The summed E-state index contributed by atoms with van der Waals surface area (Å²) in [6, 6.07) is 14.3. The summed E-state index contributed by atoms with van der Waals surface area (Å²) in [6.45, 7) is 6.79. The van der Waals surface area contributed by atoms with Crippen molar-refractivity contribution in [1.82, 2.24) is 15.1 Å². The number of hydrogen-bond acceptors (Lipinski definition) is 6. The largest absolute Gasteiger partial charge is 0.490 e. The molecule has 1 fully saturated rings. The average molecular weight is 651 g/mol. The van der Waals surface area contributed by atoms with E-state index in [4.69, 9.17) is 9.47 Å². The number of anilines is 1. The van der Waals surface area contributed by atoms with Gasteiger partial charge in [0.15, 0.2) is 0 Å². The van der Waals surface area contributed by atoms with Gasteiger partial charge in [-0.05, 0) is 69.7 Å². The third-order valence-electron chi connectivity index (χ3n) is 9.28. The van der Waals surface area contributed by atoms with E-state index in [1.165, 1.54) is 6.42 Å². The second-order valence-corrected chi connectivity index (χ2v) is 13.4. The maximum atomic E-state index is 14.4. The van der Waals surface area contributed by atoms with Gasteiger partial charge in [-0.3, -0.25) is 9.59 Å². The third kappa shape index (κ3) is 11.0. The molecule has 2 aromatic rings. The van der Waals surface area contributed by atoms with Crippen LogP contribution < -0.4 is 15.4 Å². The molecule has 1 saturated carbocycles. The van der Waals surface area contributed by atoms with Gasteiger partial charge in [0.05, 0.1) is 36.8 Å². The number of carbonyl (C=O) groups is 3. The summed E-state index contributed by atoms with van der Waals surface area (Å²) < 4.78 is 12.7.